The van der Waals surface area contributed by atoms with E-state index in [-0.39, 0.29) is 0 Å². The monoisotopic (exact) mass is 115 g/mol. The first-order valence-electron chi connectivity index (χ1n) is 2.98. The molecule has 0 spiro atoms. The number of hydrogen-bond donors (Lipinski definition) is 1. The van der Waals surface area contributed by atoms with Crippen molar-refractivity contribution in [2.24, 2.45) is 11.7 Å². The maximum atomic E-state index is 9.88. The number of carbonyl (C=O) groups is 1. The Morgan fingerprint density at radius 3 is 2.50 bits per heavy atom. The van der Waals surface area contributed by atoms with Crippen molar-refractivity contribution in [3.05, 3.63) is 0 Å². The van der Waals surface area contributed by atoms with Crippen molar-refractivity contribution < 1.29 is 4.79 Å². The summed E-state index contributed by atoms with van der Waals surface area (Å²) < 4.78 is 0. The summed E-state index contributed by atoms with van der Waals surface area (Å²) in [5.41, 5.74) is 5.31. The predicted octanol–water partition coefficient (Wildman–Crippen LogP) is 0.560. The van der Waals surface area contributed by atoms with E-state index in [4.69, 9.17) is 5.73 Å². The Bertz CT molecular complexity index is 59.5. The molecule has 48 valence electrons. The maximum Gasteiger partial charge on any atom is 0.120 e. The second-order valence-corrected chi connectivity index (χ2v) is 1.91. The normalized spacial score (nSPS) is 13.2. The molecule has 0 fully saturated rings. The number of nitrogens with two attached hydrogens (primary N) is 1. The highest BCUT2D eigenvalue weighted by Gasteiger charge is 1.99. The molecule has 0 aromatic rings. The summed E-state index contributed by atoms with van der Waals surface area (Å²) in [5, 5.41) is 0. The molecule has 2 heteroatoms. The first-order valence-corrected chi connectivity index (χ1v) is 2.98. The number of hydrogen-bond acceptors (Lipinski definition) is 2. The van der Waals surface area contributed by atoms with Gasteiger partial charge in [0.05, 0.1) is 0 Å². The second-order valence-electron chi connectivity index (χ2n) is 1.91. The summed E-state index contributed by atoms with van der Waals surface area (Å²) in [4.78, 5) is 9.88. The van der Waals surface area contributed by atoms with Crippen molar-refractivity contribution >= 4 is 6.29 Å². The van der Waals surface area contributed by atoms with Gasteiger partial charge in [-0.1, -0.05) is 13.3 Å². The average molecular weight is 115 g/mol. The van der Waals surface area contributed by atoms with Gasteiger partial charge in [-0.3, -0.25) is 0 Å². The van der Waals surface area contributed by atoms with Crippen molar-refractivity contribution in [1.82, 2.24) is 0 Å². The van der Waals surface area contributed by atoms with Crippen LogP contribution in [0.5, 0.6) is 0 Å². The van der Waals surface area contributed by atoms with Crippen LogP contribution in [0.3, 0.4) is 0 Å². The lowest BCUT2D eigenvalue weighted by atomic mass is 10.0. The molecule has 0 amide bonds. The zero-order valence-electron chi connectivity index (χ0n) is 5.26. The van der Waals surface area contributed by atoms with Gasteiger partial charge in [0.1, 0.15) is 6.29 Å². The Hall–Kier alpha value is -0.370. The van der Waals surface area contributed by atoms with Crippen LogP contribution in [-0.2, 0) is 4.79 Å². The van der Waals surface area contributed by atoms with Crippen LogP contribution in [0.15, 0.2) is 0 Å². The smallest absolute Gasteiger partial charge is 0.120 e. The third-order valence-electron chi connectivity index (χ3n) is 1.34. The first kappa shape index (κ1) is 7.63. The molecule has 0 aromatic carbocycles. The molecule has 0 rings (SSSR count). The third-order valence-corrected chi connectivity index (χ3v) is 1.34. The van der Waals surface area contributed by atoms with Crippen LogP contribution >= 0.6 is 0 Å². The van der Waals surface area contributed by atoms with Gasteiger partial charge in [-0.2, -0.15) is 0 Å². The highest BCUT2D eigenvalue weighted by molar-refractivity contribution is 5.49. The van der Waals surface area contributed by atoms with Gasteiger partial charge >= 0.3 is 0 Å². The fourth-order valence-corrected chi connectivity index (χ4v) is 0.566. The molecule has 0 aliphatic rings. The Kier molecular flexibility index (Phi) is 4.56. The van der Waals surface area contributed by atoms with Crippen molar-refractivity contribution in [3.8, 4) is 0 Å². The van der Waals surface area contributed by atoms with Crippen LogP contribution in [0.25, 0.3) is 0 Å². The third kappa shape index (κ3) is 2.75. The molecule has 0 unspecified atom stereocenters. The molecule has 0 aliphatic carbocycles. The van der Waals surface area contributed by atoms with E-state index in [2.05, 4.69) is 0 Å². The summed E-state index contributed by atoms with van der Waals surface area (Å²) in [7, 11) is 0. The Morgan fingerprint density at radius 2 is 2.38 bits per heavy atom. The summed E-state index contributed by atoms with van der Waals surface area (Å²) in [6.45, 7) is 2.68. The van der Waals surface area contributed by atoms with Crippen LogP contribution in [0, 0.1) is 5.92 Å². The van der Waals surface area contributed by atoms with Crippen molar-refractivity contribution in [3.63, 3.8) is 0 Å². The summed E-state index contributed by atoms with van der Waals surface area (Å²) in [6, 6.07) is 0. The van der Waals surface area contributed by atoms with Gasteiger partial charge < -0.3 is 10.5 Å². The topological polar surface area (TPSA) is 43.1 Å². The van der Waals surface area contributed by atoms with E-state index in [0.29, 0.717) is 18.9 Å². The van der Waals surface area contributed by atoms with Crippen molar-refractivity contribution in [1.29, 1.82) is 0 Å². The Morgan fingerprint density at radius 1 is 1.75 bits per heavy atom. The van der Waals surface area contributed by atoms with Gasteiger partial charge in [-0.05, 0) is 12.5 Å². The van der Waals surface area contributed by atoms with E-state index in [9.17, 15) is 4.79 Å². The van der Waals surface area contributed by atoms with Gasteiger partial charge in [-0.25, -0.2) is 0 Å². The lowest BCUT2D eigenvalue weighted by molar-refractivity contribution is -0.108. The minimum Gasteiger partial charge on any atom is -0.330 e. The highest BCUT2D eigenvalue weighted by Crippen LogP contribution is 2.01. The van der Waals surface area contributed by atoms with Gasteiger partial charge in [0.2, 0.25) is 0 Å². The number of carbonyl (C=O) groups excluding carboxylic acids is 1. The molecule has 0 heterocycles. The van der Waals surface area contributed by atoms with Crippen LogP contribution < -0.4 is 5.73 Å². The Balaban J connectivity index is 3.20. The molecule has 0 radical (unpaired) electrons. The van der Waals surface area contributed by atoms with Gasteiger partial charge in [-0.15, -0.1) is 0 Å². The van der Waals surface area contributed by atoms with Crippen molar-refractivity contribution in [2.45, 2.75) is 19.8 Å². The van der Waals surface area contributed by atoms with Gasteiger partial charge in [0.25, 0.3) is 0 Å². The molecule has 0 bridgehead atoms. The van der Waals surface area contributed by atoms with E-state index in [1.807, 2.05) is 6.92 Å². The highest BCUT2D eigenvalue weighted by atomic mass is 16.1. The maximum absolute atomic E-state index is 9.88. The minimum absolute atomic E-state index is 0.410. The van der Waals surface area contributed by atoms with Crippen molar-refractivity contribution in [2.75, 3.05) is 6.54 Å². The average Bonchev–Trinajstić information content (AvgIpc) is 1.83. The molecular weight excluding hydrogens is 102 g/mol. The largest absolute Gasteiger partial charge is 0.330 e. The fourth-order valence-electron chi connectivity index (χ4n) is 0.566. The molecule has 0 saturated heterocycles. The van der Waals surface area contributed by atoms with E-state index in [1.54, 1.807) is 0 Å². The predicted molar refractivity (Wildman–Crippen MR) is 33.5 cm³/mol. The fraction of sp³-hybridized carbons (Fsp3) is 0.833. The van der Waals surface area contributed by atoms with Gasteiger partial charge in [0.15, 0.2) is 0 Å². The molecular formula is C6H13NO. The van der Waals surface area contributed by atoms with E-state index in [1.165, 1.54) is 0 Å². The van der Waals surface area contributed by atoms with E-state index >= 15 is 0 Å². The first-order chi connectivity index (χ1) is 3.85. The van der Waals surface area contributed by atoms with E-state index in [0.717, 1.165) is 12.7 Å². The molecule has 2 nitrogen and oxygen atoms in total. The summed E-state index contributed by atoms with van der Waals surface area (Å²) in [5.74, 6) is 0.410. The number of aldehydes is 1. The molecule has 8 heavy (non-hydrogen) atoms. The van der Waals surface area contributed by atoms with Crippen LogP contribution in [0.2, 0.25) is 0 Å². The molecule has 0 aromatic heterocycles. The summed E-state index contributed by atoms with van der Waals surface area (Å²) in [6.07, 6.45) is 2.56. The SMILES string of the molecule is CC[C@@H](CN)CC=O. The number of rotatable bonds is 4. The minimum atomic E-state index is 0.410. The molecule has 0 aliphatic heterocycles. The zero-order valence-corrected chi connectivity index (χ0v) is 5.26. The van der Waals surface area contributed by atoms with Crippen LogP contribution in [-0.4, -0.2) is 12.8 Å². The van der Waals surface area contributed by atoms with Crippen LogP contribution in [0.4, 0.5) is 0 Å². The summed E-state index contributed by atoms with van der Waals surface area (Å²) >= 11 is 0. The second kappa shape index (κ2) is 4.78. The zero-order chi connectivity index (χ0) is 6.41. The molecule has 2 N–H and O–H groups in total. The lowest BCUT2D eigenvalue weighted by Gasteiger charge is -2.04. The van der Waals surface area contributed by atoms with Gasteiger partial charge in [0, 0.05) is 6.42 Å². The Labute approximate surface area is 50.1 Å². The van der Waals surface area contributed by atoms with E-state index < -0.39 is 0 Å². The molecule has 0 saturated carbocycles. The quantitative estimate of drug-likeness (QED) is 0.544. The van der Waals surface area contributed by atoms with Crippen LogP contribution in [0.1, 0.15) is 19.8 Å². The standard InChI is InChI=1S/C6H13NO/c1-2-6(5-7)3-4-8/h4,6H,2-3,5,7H2,1H3/t6-/m1/s1. The lowest BCUT2D eigenvalue weighted by Crippen LogP contribution is -2.13. The molecule has 1 atom stereocenters.